The third-order valence-corrected chi connectivity index (χ3v) is 2.17. The second-order valence-corrected chi connectivity index (χ2v) is 3.75. The molecular formula is C14H11N3O3. The number of nitriles is 2. The van der Waals surface area contributed by atoms with E-state index in [1.54, 1.807) is 30.3 Å². The van der Waals surface area contributed by atoms with Crippen LogP contribution in [0.15, 0.2) is 36.0 Å². The van der Waals surface area contributed by atoms with E-state index in [0.29, 0.717) is 5.69 Å². The van der Waals surface area contributed by atoms with Crippen molar-refractivity contribution in [3.05, 3.63) is 41.6 Å². The highest BCUT2D eigenvalue weighted by molar-refractivity contribution is 5.96. The van der Waals surface area contributed by atoms with Crippen molar-refractivity contribution >= 4 is 17.4 Å². The summed E-state index contributed by atoms with van der Waals surface area (Å²) in [6.07, 6.45) is 1.19. The Hall–Kier alpha value is -3.12. The number of Topliss-reactive ketones (excluding diaryl/α,β-unsaturated/α-hetero) is 1. The molecule has 1 N–H and O–H groups in total. The van der Waals surface area contributed by atoms with Crippen LogP contribution in [0.5, 0.6) is 0 Å². The quantitative estimate of drug-likeness (QED) is 0.645. The summed E-state index contributed by atoms with van der Waals surface area (Å²) in [6, 6.07) is 9.79. The Kier molecular flexibility index (Phi) is 5.49. The average Bonchev–Trinajstić information content (AvgIpc) is 2.46. The summed E-state index contributed by atoms with van der Waals surface area (Å²) in [4.78, 5) is 22.6. The largest absolute Gasteiger partial charge is 0.454 e. The molecular weight excluding hydrogens is 258 g/mol. The van der Waals surface area contributed by atoms with Crippen LogP contribution < -0.4 is 5.32 Å². The zero-order valence-corrected chi connectivity index (χ0v) is 10.7. The van der Waals surface area contributed by atoms with E-state index in [1.165, 1.54) is 19.2 Å². The van der Waals surface area contributed by atoms with Gasteiger partial charge in [-0.2, -0.15) is 10.5 Å². The van der Waals surface area contributed by atoms with E-state index in [-0.39, 0.29) is 23.5 Å². The molecule has 0 aromatic heterocycles. The Bertz CT molecular complexity index is 620. The highest BCUT2D eigenvalue weighted by atomic mass is 16.5. The first-order valence-electron chi connectivity index (χ1n) is 5.61. The maximum absolute atomic E-state index is 11.8. The molecule has 0 aliphatic rings. The number of nitrogens with zero attached hydrogens (tertiary/aromatic N) is 2. The van der Waals surface area contributed by atoms with E-state index in [2.05, 4.69) is 5.32 Å². The molecule has 1 aromatic carbocycles. The fraction of sp³-hybridized carbons (Fsp3) is 0.143. The van der Waals surface area contributed by atoms with Gasteiger partial charge in [-0.25, -0.2) is 4.79 Å². The summed E-state index contributed by atoms with van der Waals surface area (Å²) >= 11 is 0. The van der Waals surface area contributed by atoms with Gasteiger partial charge >= 0.3 is 5.97 Å². The summed E-state index contributed by atoms with van der Waals surface area (Å²) in [5.41, 5.74) is 0.459. The van der Waals surface area contributed by atoms with Crippen LogP contribution >= 0.6 is 0 Å². The predicted octanol–water partition coefficient (Wildman–Crippen LogP) is 1.78. The summed E-state index contributed by atoms with van der Waals surface area (Å²) in [6.45, 7) is 1.01. The second-order valence-electron chi connectivity index (χ2n) is 3.75. The zero-order valence-electron chi connectivity index (χ0n) is 10.7. The molecule has 0 aliphatic carbocycles. The normalized spacial score (nSPS) is 8.75. The van der Waals surface area contributed by atoms with Crippen molar-refractivity contribution in [1.82, 2.24) is 0 Å². The monoisotopic (exact) mass is 269 g/mol. The predicted molar refractivity (Wildman–Crippen MR) is 70.3 cm³/mol. The van der Waals surface area contributed by atoms with E-state index in [1.807, 2.05) is 0 Å². The fourth-order valence-corrected chi connectivity index (χ4v) is 1.27. The Labute approximate surface area is 115 Å². The van der Waals surface area contributed by atoms with Gasteiger partial charge in [0.15, 0.2) is 5.78 Å². The van der Waals surface area contributed by atoms with E-state index in [9.17, 15) is 9.59 Å². The number of anilines is 1. The number of carbonyl (C=O) groups excluding carboxylic acids is 2. The van der Waals surface area contributed by atoms with Crippen molar-refractivity contribution in [3.8, 4) is 12.1 Å². The lowest BCUT2D eigenvalue weighted by Gasteiger charge is -2.08. The zero-order chi connectivity index (χ0) is 15.0. The van der Waals surface area contributed by atoms with Gasteiger partial charge in [0.1, 0.15) is 24.3 Å². The number of esters is 1. The van der Waals surface area contributed by atoms with Crippen molar-refractivity contribution < 1.29 is 14.3 Å². The minimum absolute atomic E-state index is 0.128. The summed E-state index contributed by atoms with van der Waals surface area (Å²) < 4.78 is 4.81. The first-order valence-corrected chi connectivity index (χ1v) is 5.61. The smallest absolute Gasteiger partial charge is 0.340 e. The maximum atomic E-state index is 11.8. The van der Waals surface area contributed by atoms with E-state index < -0.39 is 5.97 Å². The van der Waals surface area contributed by atoms with Crippen LogP contribution in [0.1, 0.15) is 17.3 Å². The van der Waals surface area contributed by atoms with Crippen molar-refractivity contribution in [1.29, 1.82) is 10.5 Å². The standard InChI is InChI=1S/C14H11N3O3/c1-10(18)9-20-14(19)12-4-2-3-5-13(12)17-8-11(6-15)7-16/h2-5,8,17H,9H2,1H3. The molecule has 6 nitrogen and oxygen atoms in total. The fourth-order valence-electron chi connectivity index (χ4n) is 1.27. The van der Waals surface area contributed by atoms with Gasteiger partial charge in [0.05, 0.1) is 11.3 Å². The highest BCUT2D eigenvalue weighted by Crippen LogP contribution is 2.16. The maximum Gasteiger partial charge on any atom is 0.340 e. The van der Waals surface area contributed by atoms with E-state index >= 15 is 0 Å². The molecule has 0 fully saturated rings. The van der Waals surface area contributed by atoms with Crippen LogP contribution in [0.25, 0.3) is 0 Å². The van der Waals surface area contributed by atoms with Crippen LogP contribution in [0, 0.1) is 22.7 Å². The van der Waals surface area contributed by atoms with Crippen LogP contribution in [0.3, 0.4) is 0 Å². The number of hydrogen-bond donors (Lipinski definition) is 1. The molecule has 0 heterocycles. The van der Waals surface area contributed by atoms with E-state index in [0.717, 1.165) is 0 Å². The Morgan fingerprint density at radius 1 is 1.30 bits per heavy atom. The second kappa shape index (κ2) is 7.34. The molecule has 100 valence electrons. The summed E-state index contributed by atoms with van der Waals surface area (Å²) in [5, 5.41) is 19.9. The Morgan fingerprint density at radius 3 is 2.55 bits per heavy atom. The van der Waals surface area contributed by atoms with E-state index in [4.69, 9.17) is 15.3 Å². The topological polar surface area (TPSA) is 103 Å². The van der Waals surface area contributed by atoms with Crippen molar-refractivity contribution in [3.63, 3.8) is 0 Å². The lowest BCUT2D eigenvalue weighted by Crippen LogP contribution is -2.12. The summed E-state index contributed by atoms with van der Waals surface area (Å²) in [7, 11) is 0. The van der Waals surface area contributed by atoms with Gasteiger partial charge in [0.2, 0.25) is 0 Å². The number of benzene rings is 1. The third kappa shape index (κ3) is 4.28. The van der Waals surface area contributed by atoms with Gasteiger partial charge < -0.3 is 10.1 Å². The number of nitrogens with one attached hydrogen (secondary N) is 1. The van der Waals surface area contributed by atoms with Gasteiger partial charge in [-0.3, -0.25) is 4.79 Å². The van der Waals surface area contributed by atoms with Gasteiger partial charge in [-0.1, -0.05) is 12.1 Å². The van der Waals surface area contributed by atoms with Crippen LogP contribution in [0.2, 0.25) is 0 Å². The number of ether oxygens (including phenoxy) is 1. The number of ketones is 1. The first-order chi connectivity index (χ1) is 9.58. The van der Waals surface area contributed by atoms with Crippen LogP contribution in [-0.2, 0) is 9.53 Å². The molecule has 0 spiro atoms. The Morgan fingerprint density at radius 2 is 1.95 bits per heavy atom. The first kappa shape index (κ1) is 14.9. The molecule has 0 unspecified atom stereocenters. The minimum Gasteiger partial charge on any atom is -0.454 e. The molecule has 0 atom stereocenters. The van der Waals surface area contributed by atoms with Crippen LogP contribution in [-0.4, -0.2) is 18.4 Å². The SMILES string of the molecule is CC(=O)COC(=O)c1ccccc1NC=C(C#N)C#N. The molecule has 0 saturated carbocycles. The van der Waals surface area contributed by atoms with Crippen LogP contribution in [0.4, 0.5) is 5.69 Å². The molecule has 0 radical (unpaired) electrons. The molecule has 6 heteroatoms. The lowest BCUT2D eigenvalue weighted by molar-refractivity contribution is -0.120. The number of allylic oxidation sites excluding steroid dienone is 1. The van der Waals surface area contributed by atoms with Gasteiger partial charge in [0, 0.05) is 6.20 Å². The van der Waals surface area contributed by atoms with Gasteiger partial charge in [-0.15, -0.1) is 0 Å². The Balaban J connectivity index is 2.92. The third-order valence-electron chi connectivity index (χ3n) is 2.17. The number of rotatable bonds is 5. The molecule has 1 aromatic rings. The molecule has 0 amide bonds. The average molecular weight is 269 g/mol. The highest BCUT2D eigenvalue weighted by Gasteiger charge is 2.12. The number of para-hydroxylation sites is 1. The van der Waals surface area contributed by atoms with Gasteiger partial charge in [-0.05, 0) is 19.1 Å². The summed E-state index contributed by atoms with van der Waals surface area (Å²) in [5.74, 6) is -0.924. The lowest BCUT2D eigenvalue weighted by atomic mass is 10.2. The number of hydrogen-bond acceptors (Lipinski definition) is 6. The molecule has 0 aliphatic heterocycles. The minimum atomic E-state index is -0.660. The van der Waals surface area contributed by atoms with Crippen molar-refractivity contribution in [2.45, 2.75) is 6.92 Å². The molecule has 0 bridgehead atoms. The molecule has 20 heavy (non-hydrogen) atoms. The molecule has 1 rings (SSSR count). The van der Waals surface area contributed by atoms with Crippen molar-refractivity contribution in [2.75, 3.05) is 11.9 Å². The van der Waals surface area contributed by atoms with Crippen molar-refractivity contribution in [2.24, 2.45) is 0 Å². The number of carbonyl (C=O) groups is 2. The molecule has 0 saturated heterocycles. The van der Waals surface area contributed by atoms with Gasteiger partial charge in [0.25, 0.3) is 0 Å².